The zero-order valence-electron chi connectivity index (χ0n) is 14.8. The Morgan fingerprint density at radius 3 is 2.96 bits per heavy atom. The highest BCUT2D eigenvalue weighted by atomic mass is 16.5. The maximum Gasteiger partial charge on any atom is 0.227 e. The summed E-state index contributed by atoms with van der Waals surface area (Å²) in [7, 11) is 0. The normalized spacial score (nSPS) is 19.7. The van der Waals surface area contributed by atoms with Gasteiger partial charge in [0.2, 0.25) is 11.8 Å². The number of aliphatic hydroxyl groups is 1. The van der Waals surface area contributed by atoms with E-state index in [0.29, 0.717) is 24.6 Å². The van der Waals surface area contributed by atoms with Crippen LogP contribution in [0.15, 0.2) is 28.8 Å². The summed E-state index contributed by atoms with van der Waals surface area (Å²) in [6, 6.07) is 7.91. The third-order valence-electron chi connectivity index (χ3n) is 4.70. The molecule has 1 aliphatic carbocycles. The van der Waals surface area contributed by atoms with Crippen molar-refractivity contribution in [2.24, 2.45) is 0 Å². The first-order valence-electron chi connectivity index (χ1n) is 8.88. The van der Waals surface area contributed by atoms with Crippen LogP contribution in [-0.4, -0.2) is 27.7 Å². The summed E-state index contributed by atoms with van der Waals surface area (Å²) in [4.78, 5) is 16.4. The molecule has 6 heteroatoms. The fraction of sp³-hybridized carbons (Fsp3) is 0.526. The Morgan fingerprint density at radius 2 is 2.20 bits per heavy atom. The minimum Gasteiger partial charge on any atom is -0.383 e. The van der Waals surface area contributed by atoms with Gasteiger partial charge >= 0.3 is 0 Å². The largest absolute Gasteiger partial charge is 0.383 e. The standard InChI is InChI=1S/C19H25N3O3/c1-13(2)18-21-17(25-22-18)10-9-16(23)20-12-19(24)11-5-7-14-6-3-4-8-15(14)19/h3-4,6,8,13,24H,5,7,9-12H2,1-2H3,(H,20,23). The molecule has 25 heavy (non-hydrogen) atoms. The van der Waals surface area contributed by atoms with Crippen LogP contribution in [0.3, 0.4) is 0 Å². The Balaban J connectivity index is 1.54. The minimum absolute atomic E-state index is 0.124. The van der Waals surface area contributed by atoms with E-state index >= 15 is 0 Å². The van der Waals surface area contributed by atoms with Crippen molar-refractivity contribution < 1.29 is 14.4 Å². The molecule has 0 fully saturated rings. The van der Waals surface area contributed by atoms with Gasteiger partial charge in [-0.3, -0.25) is 4.79 Å². The molecule has 0 radical (unpaired) electrons. The van der Waals surface area contributed by atoms with Crippen LogP contribution in [0, 0.1) is 0 Å². The maximum absolute atomic E-state index is 12.1. The van der Waals surface area contributed by atoms with Crippen LogP contribution < -0.4 is 5.32 Å². The summed E-state index contributed by atoms with van der Waals surface area (Å²) in [5.41, 5.74) is 1.11. The van der Waals surface area contributed by atoms with Gasteiger partial charge in [0, 0.05) is 18.8 Å². The Morgan fingerprint density at radius 1 is 1.40 bits per heavy atom. The Labute approximate surface area is 147 Å². The van der Waals surface area contributed by atoms with Gasteiger partial charge in [-0.15, -0.1) is 0 Å². The number of hydrogen-bond donors (Lipinski definition) is 2. The molecule has 1 amide bonds. The van der Waals surface area contributed by atoms with E-state index in [1.165, 1.54) is 0 Å². The van der Waals surface area contributed by atoms with E-state index < -0.39 is 5.60 Å². The zero-order chi connectivity index (χ0) is 17.9. The van der Waals surface area contributed by atoms with Crippen LogP contribution >= 0.6 is 0 Å². The van der Waals surface area contributed by atoms with Gasteiger partial charge in [0.15, 0.2) is 5.82 Å². The van der Waals surface area contributed by atoms with E-state index in [4.69, 9.17) is 4.52 Å². The average Bonchev–Trinajstić information content (AvgIpc) is 3.08. The monoisotopic (exact) mass is 343 g/mol. The van der Waals surface area contributed by atoms with Crippen LogP contribution in [0.25, 0.3) is 0 Å². The van der Waals surface area contributed by atoms with Crippen LogP contribution in [0.2, 0.25) is 0 Å². The number of rotatable bonds is 6. The van der Waals surface area contributed by atoms with Crippen molar-refractivity contribution in [2.45, 2.75) is 57.5 Å². The molecule has 6 nitrogen and oxygen atoms in total. The smallest absolute Gasteiger partial charge is 0.227 e. The minimum atomic E-state index is -0.986. The van der Waals surface area contributed by atoms with Crippen molar-refractivity contribution in [1.82, 2.24) is 15.5 Å². The summed E-state index contributed by atoms with van der Waals surface area (Å²) < 4.78 is 5.15. The number of carbonyl (C=O) groups is 1. The van der Waals surface area contributed by atoms with Gasteiger partial charge in [0.25, 0.3) is 0 Å². The van der Waals surface area contributed by atoms with Gasteiger partial charge in [-0.05, 0) is 30.4 Å². The molecule has 1 atom stereocenters. The van der Waals surface area contributed by atoms with Gasteiger partial charge in [0.05, 0.1) is 6.54 Å². The second kappa shape index (κ2) is 7.35. The van der Waals surface area contributed by atoms with E-state index in [1.54, 1.807) is 0 Å². The zero-order valence-corrected chi connectivity index (χ0v) is 14.8. The van der Waals surface area contributed by atoms with Crippen molar-refractivity contribution >= 4 is 5.91 Å². The number of benzene rings is 1. The molecule has 1 aromatic carbocycles. The second-order valence-electron chi connectivity index (χ2n) is 7.02. The molecular weight excluding hydrogens is 318 g/mol. The highest BCUT2D eigenvalue weighted by Crippen LogP contribution is 2.34. The van der Waals surface area contributed by atoms with Crippen molar-refractivity contribution in [3.63, 3.8) is 0 Å². The molecule has 1 aromatic heterocycles. The number of nitrogens with one attached hydrogen (secondary N) is 1. The van der Waals surface area contributed by atoms with E-state index in [1.807, 2.05) is 38.1 Å². The summed E-state index contributed by atoms with van der Waals surface area (Å²) >= 11 is 0. The summed E-state index contributed by atoms with van der Waals surface area (Å²) in [6.45, 7) is 4.21. The van der Waals surface area contributed by atoms with Crippen molar-refractivity contribution in [3.8, 4) is 0 Å². The first-order chi connectivity index (χ1) is 12.0. The van der Waals surface area contributed by atoms with Crippen molar-refractivity contribution in [3.05, 3.63) is 47.1 Å². The number of amides is 1. The number of carbonyl (C=O) groups excluding carboxylic acids is 1. The molecular formula is C19H25N3O3. The highest BCUT2D eigenvalue weighted by Gasteiger charge is 2.34. The van der Waals surface area contributed by atoms with E-state index in [2.05, 4.69) is 15.5 Å². The van der Waals surface area contributed by atoms with Crippen molar-refractivity contribution in [2.75, 3.05) is 6.54 Å². The predicted molar refractivity (Wildman–Crippen MR) is 93.0 cm³/mol. The quantitative estimate of drug-likeness (QED) is 0.841. The van der Waals surface area contributed by atoms with Gasteiger partial charge in [0.1, 0.15) is 5.60 Å². The second-order valence-corrected chi connectivity index (χ2v) is 7.02. The van der Waals surface area contributed by atoms with Crippen LogP contribution in [-0.2, 0) is 23.2 Å². The van der Waals surface area contributed by atoms with Gasteiger partial charge < -0.3 is 14.9 Å². The number of aromatic nitrogens is 2. The third-order valence-corrected chi connectivity index (χ3v) is 4.70. The molecule has 0 spiro atoms. The number of fused-ring (bicyclic) bond motifs is 1. The first kappa shape index (κ1) is 17.6. The number of nitrogens with zero attached hydrogens (tertiary/aromatic N) is 2. The van der Waals surface area contributed by atoms with Crippen LogP contribution in [0.1, 0.15) is 61.9 Å². The third kappa shape index (κ3) is 4.07. The Hall–Kier alpha value is -2.21. The molecule has 2 N–H and O–H groups in total. The lowest BCUT2D eigenvalue weighted by Crippen LogP contribution is -2.43. The maximum atomic E-state index is 12.1. The van der Waals surface area contributed by atoms with Crippen LogP contribution in [0.4, 0.5) is 0 Å². The van der Waals surface area contributed by atoms with E-state index in [0.717, 1.165) is 24.0 Å². The lowest BCUT2D eigenvalue weighted by molar-refractivity contribution is -0.122. The Kier molecular flexibility index (Phi) is 5.18. The molecule has 1 aliphatic rings. The molecule has 3 rings (SSSR count). The number of aryl methyl sites for hydroxylation is 2. The highest BCUT2D eigenvalue weighted by molar-refractivity contribution is 5.76. The van der Waals surface area contributed by atoms with Crippen molar-refractivity contribution in [1.29, 1.82) is 0 Å². The topological polar surface area (TPSA) is 88.2 Å². The molecule has 0 saturated carbocycles. The van der Waals surface area contributed by atoms with Gasteiger partial charge in [-0.25, -0.2) is 0 Å². The molecule has 0 bridgehead atoms. The van der Waals surface area contributed by atoms with Crippen LogP contribution in [0.5, 0.6) is 0 Å². The van der Waals surface area contributed by atoms with Gasteiger partial charge in [-0.2, -0.15) is 4.98 Å². The lowest BCUT2D eigenvalue weighted by atomic mass is 9.79. The summed E-state index contributed by atoms with van der Waals surface area (Å²) in [6.07, 6.45) is 3.22. The molecule has 0 aliphatic heterocycles. The Bertz CT molecular complexity index is 741. The molecule has 1 unspecified atom stereocenters. The van der Waals surface area contributed by atoms with E-state index in [9.17, 15) is 9.90 Å². The summed E-state index contributed by atoms with van der Waals surface area (Å²) in [5.74, 6) is 1.21. The SMILES string of the molecule is CC(C)c1noc(CCC(=O)NCC2(O)CCCc3ccccc32)n1. The molecule has 0 saturated heterocycles. The average molecular weight is 343 g/mol. The summed E-state index contributed by atoms with van der Waals surface area (Å²) in [5, 5.41) is 17.7. The lowest BCUT2D eigenvalue weighted by Gasteiger charge is -2.34. The predicted octanol–water partition coefficient (Wildman–Crippen LogP) is 2.47. The first-order valence-corrected chi connectivity index (χ1v) is 8.88. The van der Waals surface area contributed by atoms with E-state index in [-0.39, 0.29) is 24.8 Å². The molecule has 1 heterocycles. The fourth-order valence-corrected chi connectivity index (χ4v) is 3.24. The number of hydrogen-bond acceptors (Lipinski definition) is 5. The molecule has 2 aromatic rings. The fourth-order valence-electron chi connectivity index (χ4n) is 3.24. The molecule has 134 valence electrons. The van der Waals surface area contributed by atoms with Gasteiger partial charge in [-0.1, -0.05) is 43.3 Å².